The Morgan fingerprint density at radius 2 is 1.92 bits per heavy atom. The molecule has 0 spiro atoms. The molecule has 0 saturated carbocycles. The minimum absolute atomic E-state index is 0.892. The summed E-state index contributed by atoms with van der Waals surface area (Å²) < 4.78 is 0. The van der Waals surface area contributed by atoms with E-state index in [-0.39, 0.29) is 0 Å². The molecule has 0 saturated heterocycles. The first-order valence-corrected chi connectivity index (χ1v) is 9.59. The monoisotopic (exact) mass is 351 g/mol. The second kappa shape index (κ2) is 10.0. The molecule has 140 valence electrons. The Balaban J connectivity index is 2.07. The number of aliphatic imine (C=N–C) groups is 1. The quantitative estimate of drug-likeness (QED) is 0.409. The predicted octanol–water partition coefficient (Wildman–Crippen LogP) is 5.05. The van der Waals surface area contributed by atoms with Crippen LogP contribution in [0.15, 0.2) is 64.5 Å². The van der Waals surface area contributed by atoms with E-state index >= 15 is 0 Å². The summed E-state index contributed by atoms with van der Waals surface area (Å²) in [5.74, 6) is 0.950. The highest BCUT2D eigenvalue weighted by atomic mass is 15.0. The minimum atomic E-state index is 0.892. The number of hydrogen-bond acceptors (Lipinski definition) is 2. The van der Waals surface area contributed by atoms with Gasteiger partial charge in [-0.3, -0.25) is 4.99 Å². The molecule has 1 aliphatic carbocycles. The van der Waals surface area contributed by atoms with Gasteiger partial charge in [0.15, 0.2) is 0 Å². The average Bonchev–Trinajstić information content (AvgIpc) is 2.61. The molecule has 3 nitrogen and oxygen atoms in total. The van der Waals surface area contributed by atoms with E-state index in [9.17, 15) is 0 Å². The van der Waals surface area contributed by atoms with Gasteiger partial charge in [-0.1, -0.05) is 36.4 Å². The molecule has 0 atom stereocenters. The highest BCUT2D eigenvalue weighted by Crippen LogP contribution is 2.24. The van der Waals surface area contributed by atoms with Crippen molar-refractivity contribution < 1.29 is 0 Å². The molecule has 2 rings (SSSR count). The van der Waals surface area contributed by atoms with Crippen LogP contribution in [0.2, 0.25) is 0 Å². The first-order valence-electron chi connectivity index (χ1n) is 9.59. The summed E-state index contributed by atoms with van der Waals surface area (Å²) in [5, 5.41) is 7.09. The van der Waals surface area contributed by atoms with Crippen molar-refractivity contribution >= 4 is 5.84 Å². The Hall–Kier alpha value is -2.29. The largest absolute Gasteiger partial charge is 0.388 e. The number of rotatable bonds is 7. The maximum atomic E-state index is 4.51. The van der Waals surface area contributed by atoms with Crippen molar-refractivity contribution in [3.8, 4) is 0 Å². The molecular formula is C23H33N3. The van der Waals surface area contributed by atoms with Crippen LogP contribution in [-0.2, 0) is 6.42 Å². The topological polar surface area (TPSA) is 36.4 Å². The highest BCUT2D eigenvalue weighted by Gasteiger charge is 2.17. The van der Waals surface area contributed by atoms with Gasteiger partial charge in [-0.2, -0.15) is 0 Å². The van der Waals surface area contributed by atoms with Crippen LogP contribution in [0.25, 0.3) is 0 Å². The highest BCUT2D eigenvalue weighted by molar-refractivity contribution is 6.00. The predicted molar refractivity (Wildman–Crippen MR) is 113 cm³/mol. The van der Waals surface area contributed by atoms with Gasteiger partial charge in [0.1, 0.15) is 5.84 Å². The number of nitrogens with one attached hydrogen (secondary N) is 2. The van der Waals surface area contributed by atoms with Crippen LogP contribution < -0.4 is 10.6 Å². The molecule has 1 aliphatic rings. The third kappa shape index (κ3) is 5.91. The Labute approximate surface area is 159 Å². The second-order valence-corrected chi connectivity index (χ2v) is 7.21. The lowest BCUT2D eigenvalue weighted by Gasteiger charge is -2.24. The van der Waals surface area contributed by atoms with Crippen LogP contribution in [0.1, 0.15) is 50.7 Å². The number of nitrogens with zero attached hydrogens (tertiary/aromatic N) is 1. The molecule has 0 fully saturated rings. The van der Waals surface area contributed by atoms with Crippen molar-refractivity contribution in [2.45, 2.75) is 52.9 Å². The summed E-state index contributed by atoms with van der Waals surface area (Å²) in [6.45, 7) is 11.4. The minimum Gasteiger partial charge on any atom is -0.388 e. The van der Waals surface area contributed by atoms with Crippen LogP contribution in [0.4, 0.5) is 0 Å². The van der Waals surface area contributed by atoms with E-state index in [1.54, 1.807) is 0 Å². The number of amidine groups is 1. The first-order chi connectivity index (χ1) is 12.5. The van der Waals surface area contributed by atoms with E-state index in [1.165, 1.54) is 40.8 Å². The van der Waals surface area contributed by atoms with E-state index in [0.29, 0.717) is 0 Å². The molecule has 0 unspecified atom stereocenters. The van der Waals surface area contributed by atoms with E-state index < -0.39 is 0 Å². The fourth-order valence-electron chi connectivity index (χ4n) is 3.40. The Morgan fingerprint density at radius 3 is 2.62 bits per heavy atom. The maximum Gasteiger partial charge on any atom is 0.130 e. The van der Waals surface area contributed by atoms with E-state index in [1.807, 2.05) is 7.05 Å². The summed E-state index contributed by atoms with van der Waals surface area (Å²) >= 11 is 0. The summed E-state index contributed by atoms with van der Waals surface area (Å²) in [7, 11) is 1.85. The number of hydrogen-bond donors (Lipinski definition) is 2. The van der Waals surface area contributed by atoms with Crippen LogP contribution in [0.3, 0.4) is 0 Å². The zero-order chi connectivity index (χ0) is 18.9. The fourth-order valence-corrected chi connectivity index (χ4v) is 3.40. The normalized spacial score (nSPS) is 14.8. The molecule has 1 aromatic carbocycles. The van der Waals surface area contributed by atoms with Crippen LogP contribution in [0.5, 0.6) is 0 Å². The first kappa shape index (κ1) is 20.0. The lowest BCUT2D eigenvalue weighted by Crippen LogP contribution is -2.30. The van der Waals surface area contributed by atoms with Gasteiger partial charge in [0, 0.05) is 30.6 Å². The summed E-state index contributed by atoms with van der Waals surface area (Å²) in [4.78, 5) is 4.51. The van der Waals surface area contributed by atoms with Gasteiger partial charge in [-0.05, 0) is 70.1 Å². The Bertz CT molecular complexity index is 719. The number of allylic oxidation sites excluding steroid dienone is 3. The lowest BCUT2D eigenvalue weighted by molar-refractivity contribution is 0.625. The summed E-state index contributed by atoms with van der Waals surface area (Å²) in [5.41, 5.74) is 7.55. The van der Waals surface area contributed by atoms with Crippen molar-refractivity contribution in [2.24, 2.45) is 4.99 Å². The van der Waals surface area contributed by atoms with Crippen molar-refractivity contribution in [3.05, 3.63) is 70.6 Å². The second-order valence-electron chi connectivity index (χ2n) is 7.21. The van der Waals surface area contributed by atoms with Gasteiger partial charge >= 0.3 is 0 Å². The third-order valence-electron chi connectivity index (χ3n) is 4.71. The van der Waals surface area contributed by atoms with Crippen molar-refractivity contribution in [1.82, 2.24) is 10.6 Å². The molecule has 0 aliphatic heterocycles. The van der Waals surface area contributed by atoms with Gasteiger partial charge in [0.25, 0.3) is 0 Å². The standard InChI is InChI=1S/C23H33N3/c1-17(2)16-19(4)26-23(24-5)21-12-8-9-13-22(21)25-15-14-20-11-7-6-10-18(20)3/h6-7,10-11,16,25H,4,8-9,12-15H2,1-3,5H3,(H,24,26). The van der Waals surface area contributed by atoms with Gasteiger partial charge in [0.05, 0.1) is 0 Å². The zero-order valence-electron chi connectivity index (χ0n) is 16.8. The van der Waals surface area contributed by atoms with Gasteiger partial charge < -0.3 is 10.6 Å². The van der Waals surface area contributed by atoms with Crippen molar-refractivity contribution in [3.63, 3.8) is 0 Å². The van der Waals surface area contributed by atoms with Gasteiger partial charge in [-0.25, -0.2) is 0 Å². The van der Waals surface area contributed by atoms with Gasteiger partial charge in [0.2, 0.25) is 0 Å². The Kier molecular flexibility index (Phi) is 7.71. The maximum absolute atomic E-state index is 4.51. The smallest absolute Gasteiger partial charge is 0.130 e. The van der Waals surface area contributed by atoms with Gasteiger partial charge in [-0.15, -0.1) is 0 Å². The van der Waals surface area contributed by atoms with Crippen molar-refractivity contribution in [2.75, 3.05) is 13.6 Å². The lowest BCUT2D eigenvalue weighted by atomic mass is 9.94. The molecule has 0 bridgehead atoms. The zero-order valence-corrected chi connectivity index (χ0v) is 16.8. The molecule has 0 amide bonds. The van der Waals surface area contributed by atoms with E-state index in [4.69, 9.17) is 0 Å². The summed E-state index contributed by atoms with van der Waals surface area (Å²) in [6, 6.07) is 8.62. The van der Waals surface area contributed by atoms with Crippen molar-refractivity contribution in [1.29, 1.82) is 0 Å². The molecule has 26 heavy (non-hydrogen) atoms. The third-order valence-corrected chi connectivity index (χ3v) is 4.71. The molecular weight excluding hydrogens is 318 g/mol. The molecule has 0 heterocycles. The van der Waals surface area contributed by atoms with E-state index in [0.717, 1.165) is 37.3 Å². The number of benzene rings is 1. The van der Waals surface area contributed by atoms with E-state index in [2.05, 4.69) is 73.3 Å². The molecule has 0 aromatic heterocycles. The molecule has 2 N–H and O–H groups in total. The molecule has 1 aromatic rings. The van der Waals surface area contributed by atoms with Crippen LogP contribution in [0, 0.1) is 6.92 Å². The fraction of sp³-hybridized carbons (Fsp3) is 0.435. The molecule has 3 heteroatoms. The summed E-state index contributed by atoms with van der Waals surface area (Å²) in [6.07, 6.45) is 7.71. The SMILES string of the molecule is C=C(C=C(C)C)NC(=NC)C1=C(NCCc2ccccc2C)CCCC1. The molecule has 0 radical (unpaired) electrons. The average molecular weight is 352 g/mol. The number of aryl methyl sites for hydroxylation is 1. The Morgan fingerprint density at radius 1 is 1.19 bits per heavy atom. The van der Waals surface area contributed by atoms with Crippen LogP contribution in [-0.4, -0.2) is 19.4 Å². The van der Waals surface area contributed by atoms with Crippen LogP contribution >= 0.6 is 0 Å².